The van der Waals surface area contributed by atoms with E-state index in [0.29, 0.717) is 12.3 Å². The number of rotatable bonds is 5. The number of sulfonamides is 1. The molecule has 0 unspecified atom stereocenters. The molecule has 0 amide bonds. The van der Waals surface area contributed by atoms with Crippen molar-refractivity contribution in [3.63, 3.8) is 0 Å². The fourth-order valence-electron chi connectivity index (χ4n) is 1.32. The molecule has 1 aromatic rings. The van der Waals surface area contributed by atoms with E-state index in [2.05, 4.69) is 0 Å². The molecular weight excluding hydrogens is 273 g/mol. The molecule has 19 heavy (non-hydrogen) atoms. The maximum atomic E-state index is 13.3. The number of primary sulfonamides is 1. The molecule has 0 radical (unpaired) electrons. The number of carbonyl (C=O) groups is 1. The highest BCUT2D eigenvalue weighted by Crippen LogP contribution is 2.16. The molecule has 1 aromatic carbocycles. The van der Waals surface area contributed by atoms with E-state index in [1.54, 1.807) is 0 Å². The van der Waals surface area contributed by atoms with E-state index in [-0.39, 0.29) is 12.2 Å². The smallest absolute Gasteiger partial charge is 0.338 e. The maximum Gasteiger partial charge on any atom is 0.338 e. The Morgan fingerprint density at radius 1 is 1.42 bits per heavy atom. The van der Waals surface area contributed by atoms with Crippen molar-refractivity contribution in [2.24, 2.45) is 11.1 Å². The van der Waals surface area contributed by atoms with Gasteiger partial charge in [-0.15, -0.1) is 0 Å². The summed E-state index contributed by atoms with van der Waals surface area (Å²) in [5.74, 6) is -1.33. The van der Waals surface area contributed by atoms with Crippen molar-refractivity contribution in [3.8, 4) is 0 Å². The van der Waals surface area contributed by atoms with Crippen molar-refractivity contribution in [3.05, 3.63) is 29.6 Å². The van der Waals surface area contributed by atoms with Crippen LogP contribution >= 0.6 is 0 Å². The summed E-state index contributed by atoms with van der Waals surface area (Å²) in [6.07, 6.45) is 0.689. The molecule has 2 N–H and O–H groups in total. The second-order valence-corrected chi connectivity index (χ2v) is 6.04. The zero-order valence-corrected chi connectivity index (χ0v) is 11.5. The van der Waals surface area contributed by atoms with Crippen LogP contribution < -0.4 is 5.14 Å². The molecule has 0 aromatic heterocycles. The van der Waals surface area contributed by atoms with E-state index in [0.717, 1.165) is 18.2 Å². The van der Waals surface area contributed by atoms with Gasteiger partial charge in [0, 0.05) is 0 Å². The van der Waals surface area contributed by atoms with Crippen molar-refractivity contribution >= 4 is 16.0 Å². The highest BCUT2D eigenvalue weighted by molar-refractivity contribution is 7.89. The first-order valence-electron chi connectivity index (χ1n) is 5.71. The topological polar surface area (TPSA) is 86.5 Å². The number of hydrogen-bond acceptors (Lipinski definition) is 4. The number of ether oxygens (including phenoxy) is 1. The predicted octanol–water partition coefficient (Wildman–Crippen LogP) is 1.68. The minimum absolute atomic E-state index is 0.0471. The Morgan fingerprint density at radius 3 is 2.58 bits per heavy atom. The Kier molecular flexibility index (Phi) is 5.02. The molecule has 5 nitrogen and oxygen atoms in total. The van der Waals surface area contributed by atoms with Crippen molar-refractivity contribution in [2.45, 2.75) is 25.2 Å². The normalized spacial score (nSPS) is 11.6. The monoisotopic (exact) mass is 289 g/mol. The SMILES string of the molecule is CC(C)CCOC(=O)c1ccc(F)c(S(N)(=O)=O)c1. The van der Waals surface area contributed by atoms with Gasteiger partial charge in [-0.3, -0.25) is 0 Å². The average Bonchev–Trinajstić information content (AvgIpc) is 2.27. The number of benzene rings is 1. The summed E-state index contributed by atoms with van der Waals surface area (Å²) < 4.78 is 40.5. The van der Waals surface area contributed by atoms with E-state index in [1.165, 1.54) is 0 Å². The molecule has 7 heteroatoms. The predicted molar refractivity (Wildman–Crippen MR) is 67.5 cm³/mol. The molecule has 0 fully saturated rings. The summed E-state index contributed by atoms with van der Waals surface area (Å²) >= 11 is 0. The second kappa shape index (κ2) is 6.12. The fraction of sp³-hybridized carbons (Fsp3) is 0.417. The zero-order valence-electron chi connectivity index (χ0n) is 10.7. The fourth-order valence-corrected chi connectivity index (χ4v) is 1.95. The number of halogens is 1. The van der Waals surface area contributed by atoms with Crippen LogP contribution in [-0.2, 0) is 14.8 Å². The molecule has 106 valence electrons. The van der Waals surface area contributed by atoms with Gasteiger partial charge < -0.3 is 4.74 Å². The Hall–Kier alpha value is -1.47. The first-order valence-corrected chi connectivity index (χ1v) is 7.26. The van der Waals surface area contributed by atoms with Gasteiger partial charge in [0.1, 0.15) is 10.7 Å². The second-order valence-electron chi connectivity index (χ2n) is 4.51. The third kappa shape index (κ3) is 4.60. The lowest BCUT2D eigenvalue weighted by atomic mass is 10.1. The first-order chi connectivity index (χ1) is 8.71. The minimum Gasteiger partial charge on any atom is -0.462 e. The molecule has 0 aliphatic carbocycles. The lowest BCUT2D eigenvalue weighted by Crippen LogP contribution is -2.16. The van der Waals surface area contributed by atoms with Crippen LogP contribution in [0.25, 0.3) is 0 Å². The van der Waals surface area contributed by atoms with Crippen LogP contribution in [0.5, 0.6) is 0 Å². The van der Waals surface area contributed by atoms with Crippen molar-refractivity contribution in [1.29, 1.82) is 0 Å². The van der Waals surface area contributed by atoms with Gasteiger partial charge in [0.2, 0.25) is 10.0 Å². The van der Waals surface area contributed by atoms with E-state index in [4.69, 9.17) is 9.88 Å². The van der Waals surface area contributed by atoms with Gasteiger partial charge in [-0.05, 0) is 30.5 Å². The van der Waals surface area contributed by atoms with Gasteiger partial charge in [-0.25, -0.2) is 22.7 Å². The first kappa shape index (κ1) is 15.6. The summed E-state index contributed by atoms with van der Waals surface area (Å²) in [6, 6.07) is 2.91. The third-order valence-electron chi connectivity index (χ3n) is 2.40. The summed E-state index contributed by atoms with van der Waals surface area (Å²) in [6.45, 7) is 4.17. The molecular formula is C12H16FNO4S. The lowest BCUT2D eigenvalue weighted by molar-refractivity contribution is 0.0487. The standard InChI is InChI=1S/C12H16FNO4S/c1-8(2)5-6-18-12(15)9-3-4-10(13)11(7-9)19(14,16)17/h3-4,7-8H,5-6H2,1-2H3,(H2,14,16,17). The van der Waals surface area contributed by atoms with Crippen LogP contribution in [0.1, 0.15) is 30.6 Å². The highest BCUT2D eigenvalue weighted by atomic mass is 32.2. The largest absolute Gasteiger partial charge is 0.462 e. The van der Waals surface area contributed by atoms with Crippen LogP contribution in [-0.4, -0.2) is 21.0 Å². The van der Waals surface area contributed by atoms with E-state index in [9.17, 15) is 17.6 Å². The maximum absolute atomic E-state index is 13.3. The van der Waals surface area contributed by atoms with Gasteiger partial charge in [0.05, 0.1) is 12.2 Å². The van der Waals surface area contributed by atoms with Crippen molar-refractivity contribution < 1.29 is 22.3 Å². The van der Waals surface area contributed by atoms with Crippen molar-refractivity contribution in [2.75, 3.05) is 6.61 Å². The molecule has 1 rings (SSSR count). The van der Waals surface area contributed by atoms with Gasteiger partial charge in [-0.2, -0.15) is 0 Å². The summed E-state index contributed by atoms with van der Waals surface area (Å²) in [5.41, 5.74) is -0.0471. The molecule has 0 saturated carbocycles. The zero-order chi connectivity index (χ0) is 14.6. The van der Waals surface area contributed by atoms with Crippen LogP contribution in [0.3, 0.4) is 0 Å². The molecule has 0 heterocycles. The van der Waals surface area contributed by atoms with Gasteiger partial charge in [-0.1, -0.05) is 13.8 Å². The van der Waals surface area contributed by atoms with Gasteiger partial charge in [0.15, 0.2) is 0 Å². The number of esters is 1. The van der Waals surface area contributed by atoms with Crippen molar-refractivity contribution in [1.82, 2.24) is 0 Å². The molecule has 0 atom stereocenters. The van der Waals surface area contributed by atoms with Gasteiger partial charge >= 0.3 is 5.97 Å². The number of hydrogen-bond donors (Lipinski definition) is 1. The summed E-state index contributed by atoms with van der Waals surface area (Å²) in [7, 11) is -4.21. The number of nitrogens with two attached hydrogens (primary N) is 1. The third-order valence-corrected chi connectivity index (χ3v) is 3.33. The molecule has 0 aliphatic heterocycles. The quantitative estimate of drug-likeness (QED) is 0.835. The molecule has 0 saturated heterocycles. The lowest BCUT2D eigenvalue weighted by Gasteiger charge is -2.08. The number of carbonyl (C=O) groups excluding carboxylic acids is 1. The Morgan fingerprint density at radius 2 is 2.05 bits per heavy atom. The van der Waals surface area contributed by atoms with Crippen LogP contribution in [0.4, 0.5) is 4.39 Å². The Bertz CT molecular complexity index is 569. The highest BCUT2D eigenvalue weighted by Gasteiger charge is 2.18. The van der Waals surface area contributed by atoms with Gasteiger partial charge in [0.25, 0.3) is 0 Å². The molecule has 0 aliphatic rings. The van der Waals surface area contributed by atoms with Crippen LogP contribution in [0.15, 0.2) is 23.1 Å². The van der Waals surface area contributed by atoms with E-state index in [1.807, 2.05) is 13.8 Å². The minimum atomic E-state index is -4.21. The average molecular weight is 289 g/mol. The van der Waals surface area contributed by atoms with Crippen LogP contribution in [0.2, 0.25) is 0 Å². The summed E-state index contributed by atoms with van der Waals surface area (Å²) in [4.78, 5) is 10.9. The molecule has 0 bridgehead atoms. The Labute approximate surface area is 111 Å². The van der Waals surface area contributed by atoms with E-state index >= 15 is 0 Å². The summed E-state index contributed by atoms with van der Waals surface area (Å²) in [5, 5.41) is 4.85. The van der Waals surface area contributed by atoms with E-state index < -0.39 is 26.7 Å². The Balaban J connectivity index is 2.88. The molecule has 0 spiro atoms. The van der Waals surface area contributed by atoms with Crippen LogP contribution in [0, 0.1) is 11.7 Å².